The Morgan fingerprint density at radius 2 is 0.800 bits per heavy atom. The van der Waals surface area contributed by atoms with Crippen molar-refractivity contribution in [3.8, 4) is 0 Å². The van der Waals surface area contributed by atoms with E-state index in [-0.39, 0.29) is 51.9 Å². The number of aliphatic imine (C=N–C) groups is 1. The van der Waals surface area contributed by atoms with Crippen LogP contribution in [0.25, 0.3) is 0 Å². The second-order valence-electron chi connectivity index (χ2n) is 13.0. The van der Waals surface area contributed by atoms with Crippen LogP contribution >= 0.6 is 0 Å². The molecule has 6 N–H and O–H groups in total. The summed E-state index contributed by atoms with van der Waals surface area (Å²) in [4.78, 5) is 32.7. The molecule has 0 saturated heterocycles. The number of benzene rings is 6. The highest BCUT2D eigenvalue weighted by Gasteiger charge is 2.28. The van der Waals surface area contributed by atoms with E-state index in [2.05, 4.69) is 46.5 Å². The molecule has 0 fully saturated rings. The van der Waals surface area contributed by atoms with Gasteiger partial charge in [0, 0.05) is 28.3 Å². The summed E-state index contributed by atoms with van der Waals surface area (Å²) in [6.45, 7) is 0. The predicted molar refractivity (Wildman–Crippen MR) is 234 cm³/mol. The monoisotopic (exact) mass is 812 g/mol. The number of hydrogen-bond donors (Lipinski definition) is 6. The van der Waals surface area contributed by atoms with Crippen LogP contribution in [0.15, 0.2) is 186 Å². The summed E-state index contributed by atoms with van der Waals surface area (Å²) in [7, 11) is -4.79. The highest BCUT2D eigenvalue weighted by molar-refractivity contribution is 7.86. The number of para-hydroxylation sites is 4. The number of anilines is 9. The lowest BCUT2D eigenvalue weighted by atomic mass is 9.96. The summed E-state index contributed by atoms with van der Waals surface area (Å²) < 4.78 is 36.7. The Kier molecular flexibility index (Phi) is 11.6. The van der Waals surface area contributed by atoms with Crippen molar-refractivity contribution in [1.29, 1.82) is 0 Å². The van der Waals surface area contributed by atoms with Gasteiger partial charge >= 0.3 is 0 Å². The van der Waals surface area contributed by atoms with Crippen LogP contribution in [0, 0.1) is 0 Å². The van der Waals surface area contributed by atoms with E-state index in [0.29, 0.717) is 16.9 Å². The molecule has 0 aliphatic rings. The molecule has 0 amide bonds. The van der Waals surface area contributed by atoms with Gasteiger partial charge in [-0.05, 0) is 60.2 Å². The third kappa shape index (κ3) is 10.1. The van der Waals surface area contributed by atoms with Crippen LogP contribution in [-0.2, 0) is 10.1 Å². The number of hydrogen-bond acceptors (Lipinski definition) is 14. The quantitative estimate of drug-likeness (QED) is 0.0422. The number of aromatic nitrogens is 6. The van der Waals surface area contributed by atoms with E-state index in [1.54, 1.807) is 12.1 Å². The molecule has 296 valence electrons. The van der Waals surface area contributed by atoms with E-state index < -0.39 is 16.2 Å². The minimum absolute atomic E-state index is 0.0660. The van der Waals surface area contributed by atoms with Gasteiger partial charge in [-0.3, -0.25) is 4.55 Å². The van der Waals surface area contributed by atoms with Gasteiger partial charge in [-0.15, -0.1) is 0 Å². The predicted octanol–water partition coefficient (Wildman–Crippen LogP) is 9.25. The first-order chi connectivity index (χ1) is 29.3. The summed E-state index contributed by atoms with van der Waals surface area (Å²) in [5.41, 5.74) is 3.69. The molecule has 0 saturated carbocycles. The summed E-state index contributed by atoms with van der Waals surface area (Å²) in [5, 5.41) is 16.3. The normalized spacial score (nSPS) is 11.9. The lowest BCUT2D eigenvalue weighted by molar-refractivity contribution is 0.483. The molecule has 0 radical (unpaired) electrons. The van der Waals surface area contributed by atoms with E-state index in [9.17, 15) is 13.0 Å². The Morgan fingerprint density at radius 3 is 1.22 bits per heavy atom. The molecule has 60 heavy (non-hydrogen) atoms. The van der Waals surface area contributed by atoms with Crippen LogP contribution in [0.4, 0.5) is 58.4 Å². The minimum atomic E-state index is -4.79. The van der Waals surface area contributed by atoms with E-state index >= 15 is 0 Å². The molecule has 2 aromatic heterocycles. The fraction of sp³-hybridized carbons (Fsp3) is 0.0227. The number of nitrogens with one attached hydrogen (secondary N) is 5. The smallest absolute Gasteiger partial charge is 0.295 e. The van der Waals surface area contributed by atoms with Crippen LogP contribution in [0.1, 0.15) is 17.2 Å². The molecule has 8 aromatic rings. The highest BCUT2D eigenvalue weighted by Crippen LogP contribution is 2.31. The molecular weight excluding hydrogens is 777 g/mol. The summed E-state index contributed by atoms with van der Waals surface area (Å²) in [6.07, 6.45) is 0. The van der Waals surface area contributed by atoms with Gasteiger partial charge < -0.3 is 26.6 Å². The first-order valence-electron chi connectivity index (χ1n) is 18.6. The highest BCUT2D eigenvalue weighted by atomic mass is 32.2. The summed E-state index contributed by atoms with van der Waals surface area (Å²) in [5.74, 6) is 0.758. The fourth-order valence-electron chi connectivity index (χ4n) is 6.06. The van der Waals surface area contributed by atoms with Gasteiger partial charge in [0.2, 0.25) is 29.7 Å². The Balaban J connectivity index is 1.31. The fourth-order valence-corrected chi connectivity index (χ4v) is 6.76. The number of rotatable bonds is 15. The molecule has 2 heterocycles. The van der Waals surface area contributed by atoms with Crippen molar-refractivity contribution in [1.82, 2.24) is 29.9 Å². The number of nitrogens with zero attached hydrogens (tertiary/aromatic N) is 7. The van der Waals surface area contributed by atoms with Crippen LogP contribution < -0.4 is 26.6 Å². The van der Waals surface area contributed by atoms with Gasteiger partial charge in [-0.2, -0.15) is 38.3 Å². The van der Waals surface area contributed by atoms with E-state index in [1.807, 2.05) is 152 Å². The zero-order valence-electron chi connectivity index (χ0n) is 31.6. The van der Waals surface area contributed by atoms with Crippen molar-refractivity contribution in [2.45, 2.75) is 10.9 Å². The molecule has 8 rings (SSSR count). The lowest BCUT2D eigenvalue weighted by Gasteiger charge is -2.23. The average molecular weight is 813 g/mol. The molecular formula is C44H36N12O3S. The van der Waals surface area contributed by atoms with Crippen LogP contribution in [0.5, 0.6) is 0 Å². The zero-order chi connectivity index (χ0) is 41.2. The maximum Gasteiger partial charge on any atom is 0.295 e. The van der Waals surface area contributed by atoms with Gasteiger partial charge in [0.15, 0.2) is 0 Å². The van der Waals surface area contributed by atoms with Crippen LogP contribution in [-0.4, -0.2) is 48.6 Å². The van der Waals surface area contributed by atoms with Crippen LogP contribution in [0.3, 0.4) is 0 Å². The second kappa shape index (κ2) is 18.0. The van der Waals surface area contributed by atoms with E-state index in [1.165, 1.54) is 12.1 Å². The standard InChI is InChI=1S/C44H36N12O3S/c57-60(58,59)36-29-17-16-28-35(36)38(50-44-55-41(47-33-24-12-4-13-25-33)52-42(56-44)48-34-26-14-5-15-27-34)37(30-18-6-1-7-19-30)49-43-53-39(45-31-20-8-2-9-21-31)51-40(54-43)46-32-22-10-3-11-23-32/h1-29,37H,(H,57,58,59)(H2,47,48,52,55,56)(H3,45,46,49,51,53,54). The van der Waals surface area contributed by atoms with Gasteiger partial charge in [0.05, 0.1) is 11.8 Å². The van der Waals surface area contributed by atoms with E-state index in [0.717, 1.165) is 11.4 Å². The first-order valence-corrected chi connectivity index (χ1v) is 20.0. The third-order valence-corrected chi connectivity index (χ3v) is 9.63. The Bertz CT molecular complexity index is 2700. The molecule has 0 spiro atoms. The zero-order valence-corrected chi connectivity index (χ0v) is 32.4. The van der Waals surface area contributed by atoms with Crippen molar-refractivity contribution in [2.24, 2.45) is 4.99 Å². The largest absolute Gasteiger partial charge is 0.341 e. The van der Waals surface area contributed by atoms with Crippen molar-refractivity contribution in [3.63, 3.8) is 0 Å². The molecule has 6 aromatic carbocycles. The molecule has 0 aliphatic carbocycles. The van der Waals surface area contributed by atoms with Crippen molar-refractivity contribution in [2.75, 3.05) is 26.6 Å². The molecule has 16 heteroatoms. The topological polar surface area (TPSA) is 204 Å². The first kappa shape index (κ1) is 38.8. The maximum absolute atomic E-state index is 13.0. The van der Waals surface area contributed by atoms with Crippen molar-refractivity contribution >= 4 is 74.3 Å². The average Bonchev–Trinajstić information content (AvgIpc) is 3.26. The van der Waals surface area contributed by atoms with Crippen molar-refractivity contribution < 1.29 is 13.0 Å². The second-order valence-corrected chi connectivity index (χ2v) is 14.4. The Hall–Kier alpha value is -8.08. The Labute approximate surface area is 345 Å². The van der Waals surface area contributed by atoms with Crippen LogP contribution in [0.2, 0.25) is 0 Å². The van der Waals surface area contributed by atoms with Gasteiger partial charge in [0.25, 0.3) is 16.1 Å². The maximum atomic E-state index is 13.0. The van der Waals surface area contributed by atoms with E-state index in [4.69, 9.17) is 15.0 Å². The van der Waals surface area contributed by atoms with Gasteiger partial charge in [-0.25, -0.2) is 4.99 Å². The molecule has 1 unspecified atom stereocenters. The van der Waals surface area contributed by atoms with Gasteiger partial charge in [-0.1, -0.05) is 121 Å². The SMILES string of the molecule is O=S(=O)(O)c1ccccc1C(=Nc1nc(Nc2ccccc2)nc(Nc2ccccc2)n1)C(Nc1nc(Nc2ccccc2)nc(Nc2ccccc2)n1)c1ccccc1. The Morgan fingerprint density at radius 1 is 0.450 bits per heavy atom. The minimum Gasteiger partial charge on any atom is -0.341 e. The molecule has 0 aliphatic heterocycles. The van der Waals surface area contributed by atoms with Gasteiger partial charge in [0.1, 0.15) is 4.90 Å². The third-order valence-electron chi connectivity index (χ3n) is 8.72. The van der Waals surface area contributed by atoms with Crippen molar-refractivity contribution in [3.05, 3.63) is 187 Å². The summed E-state index contributed by atoms with van der Waals surface area (Å²) >= 11 is 0. The molecule has 0 bridgehead atoms. The lowest BCUT2D eigenvalue weighted by Crippen LogP contribution is -2.25. The molecule has 1 atom stereocenters. The molecule has 15 nitrogen and oxygen atoms in total. The summed E-state index contributed by atoms with van der Waals surface area (Å²) in [6, 6.07) is 51.8.